The Labute approximate surface area is 99.0 Å². The summed E-state index contributed by atoms with van der Waals surface area (Å²) in [5, 5.41) is 3.54. The van der Waals surface area contributed by atoms with Crippen molar-refractivity contribution in [2.75, 3.05) is 20.3 Å². The SMILES string of the molecule is COCCCCN[C@@H](C)c1ccccc1C. The zero-order valence-corrected chi connectivity index (χ0v) is 10.6. The van der Waals surface area contributed by atoms with Crippen molar-refractivity contribution in [1.29, 1.82) is 0 Å². The Morgan fingerprint density at radius 3 is 2.69 bits per heavy atom. The topological polar surface area (TPSA) is 21.3 Å². The van der Waals surface area contributed by atoms with Crippen molar-refractivity contribution in [3.8, 4) is 0 Å². The monoisotopic (exact) mass is 221 g/mol. The summed E-state index contributed by atoms with van der Waals surface area (Å²) < 4.78 is 5.02. The van der Waals surface area contributed by atoms with Gasteiger partial charge in [0, 0.05) is 19.8 Å². The van der Waals surface area contributed by atoms with Crippen molar-refractivity contribution >= 4 is 0 Å². The Morgan fingerprint density at radius 2 is 2.00 bits per heavy atom. The first-order valence-electron chi connectivity index (χ1n) is 6.03. The fourth-order valence-electron chi connectivity index (χ4n) is 1.87. The highest BCUT2D eigenvalue weighted by Crippen LogP contribution is 2.16. The third-order valence-corrected chi connectivity index (χ3v) is 2.88. The Hall–Kier alpha value is -0.860. The maximum Gasteiger partial charge on any atom is 0.0462 e. The van der Waals surface area contributed by atoms with Gasteiger partial charge in [-0.25, -0.2) is 0 Å². The minimum Gasteiger partial charge on any atom is -0.385 e. The van der Waals surface area contributed by atoms with E-state index in [1.54, 1.807) is 7.11 Å². The lowest BCUT2D eigenvalue weighted by atomic mass is 10.0. The zero-order chi connectivity index (χ0) is 11.8. The van der Waals surface area contributed by atoms with Crippen LogP contribution in [0.25, 0.3) is 0 Å². The molecule has 0 unspecified atom stereocenters. The number of ether oxygens (including phenoxy) is 1. The third-order valence-electron chi connectivity index (χ3n) is 2.88. The van der Waals surface area contributed by atoms with Gasteiger partial charge in [0.25, 0.3) is 0 Å². The van der Waals surface area contributed by atoms with Crippen LogP contribution in [0, 0.1) is 6.92 Å². The predicted octanol–water partition coefficient (Wildman–Crippen LogP) is 3.07. The Kier molecular flexibility index (Phi) is 6.12. The van der Waals surface area contributed by atoms with E-state index in [9.17, 15) is 0 Å². The predicted molar refractivity (Wildman–Crippen MR) is 68.7 cm³/mol. The summed E-state index contributed by atoms with van der Waals surface area (Å²) in [4.78, 5) is 0. The van der Waals surface area contributed by atoms with Crippen molar-refractivity contribution < 1.29 is 4.74 Å². The first-order valence-corrected chi connectivity index (χ1v) is 6.03. The van der Waals surface area contributed by atoms with Gasteiger partial charge in [-0.2, -0.15) is 0 Å². The molecule has 0 fully saturated rings. The van der Waals surface area contributed by atoms with Crippen molar-refractivity contribution in [3.63, 3.8) is 0 Å². The Bertz CT molecular complexity index is 299. The number of hydrogen-bond donors (Lipinski definition) is 1. The van der Waals surface area contributed by atoms with E-state index in [4.69, 9.17) is 4.74 Å². The van der Waals surface area contributed by atoms with Gasteiger partial charge in [0.2, 0.25) is 0 Å². The molecule has 16 heavy (non-hydrogen) atoms. The Morgan fingerprint density at radius 1 is 1.25 bits per heavy atom. The molecule has 0 bridgehead atoms. The first-order chi connectivity index (χ1) is 7.75. The second kappa shape index (κ2) is 7.42. The van der Waals surface area contributed by atoms with Gasteiger partial charge >= 0.3 is 0 Å². The van der Waals surface area contributed by atoms with Gasteiger partial charge in [-0.05, 0) is 44.4 Å². The highest BCUT2D eigenvalue weighted by atomic mass is 16.5. The Balaban J connectivity index is 2.30. The van der Waals surface area contributed by atoms with E-state index in [2.05, 4.69) is 43.4 Å². The van der Waals surface area contributed by atoms with Gasteiger partial charge < -0.3 is 10.1 Å². The molecule has 0 radical (unpaired) electrons. The van der Waals surface area contributed by atoms with E-state index >= 15 is 0 Å². The summed E-state index contributed by atoms with van der Waals surface area (Å²) in [7, 11) is 1.75. The molecule has 1 N–H and O–H groups in total. The molecule has 0 spiro atoms. The summed E-state index contributed by atoms with van der Waals surface area (Å²) in [6.45, 7) is 6.30. The molecule has 0 aromatic heterocycles. The van der Waals surface area contributed by atoms with Crippen LogP contribution in [0.15, 0.2) is 24.3 Å². The third kappa shape index (κ3) is 4.33. The van der Waals surface area contributed by atoms with Crippen molar-refractivity contribution in [3.05, 3.63) is 35.4 Å². The molecule has 0 amide bonds. The molecule has 0 saturated carbocycles. The molecule has 0 aliphatic heterocycles. The van der Waals surface area contributed by atoms with Gasteiger partial charge in [-0.1, -0.05) is 24.3 Å². The molecule has 0 aliphatic rings. The number of methoxy groups -OCH3 is 1. The van der Waals surface area contributed by atoms with Crippen molar-refractivity contribution in [1.82, 2.24) is 5.32 Å². The molecule has 1 atom stereocenters. The number of unbranched alkanes of at least 4 members (excludes halogenated alkanes) is 1. The number of hydrogen-bond acceptors (Lipinski definition) is 2. The second-order valence-electron chi connectivity index (χ2n) is 4.23. The van der Waals surface area contributed by atoms with E-state index in [-0.39, 0.29) is 0 Å². The molecule has 90 valence electrons. The lowest BCUT2D eigenvalue weighted by Crippen LogP contribution is -2.20. The van der Waals surface area contributed by atoms with Crippen LogP contribution in [-0.2, 0) is 4.74 Å². The fraction of sp³-hybridized carbons (Fsp3) is 0.571. The van der Waals surface area contributed by atoms with Crippen LogP contribution in [-0.4, -0.2) is 20.3 Å². The number of nitrogens with one attached hydrogen (secondary N) is 1. The van der Waals surface area contributed by atoms with Gasteiger partial charge in [0.05, 0.1) is 0 Å². The average molecular weight is 221 g/mol. The summed E-state index contributed by atoms with van der Waals surface area (Å²) >= 11 is 0. The van der Waals surface area contributed by atoms with Gasteiger partial charge in [-0.3, -0.25) is 0 Å². The van der Waals surface area contributed by atoms with Crippen LogP contribution >= 0.6 is 0 Å². The highest BCUT2D eigenvalue weighted by molar-refractivity contribution is 5.28. The molecule has 0 saturated heterocycles. The molecule has 1 aromatic rings. The minimum absolute atomic E-state index is 0.434. The summed E-state index contributed by atoms with van der Waals surface area (Å²) in [5.41, 5.74) is 2.76. The zero-order valence-electron chi connectivity index (χ0n) is 10.6. The second-order valence-corrected chi connectivity index (χ2v) is 4.23. The normalized spacial score (nSPS) is 12.7. The molecule has 1 aromatic carbocycles. The van der Waals surface area contributed by atoms with Crippen molar-refractivity contribution in [2.24, 2.45) is 0 Å². The van der Waals surface area contributed by atoms with Crippen LogP contribution in [0.4, 0.5) is 0 Å². The molecule has 2 heteroatoms. The van der Waals surface area contributed by atoms with Crippen molar-refractivity contribution in [2.45, 2.75) is 32.7 Å². The summed E-state index contributed by atoms with van der Waals surface area (Å²) in [6.07, 6.45) is 2.30. The van der Waals surface area contributed by atoms with Crippen LogP contribution in [0.3, 0.4) is 0 Å². The number of rotatable bonds is 7. The average Bonchev–Trinajstić information content (AvgIpc) is 2.29. The van der Waals surface area contributed by atoms with E-state index in [1.807, 2.05) is 0 Å². The van der Waals surface area contributed by atoms with E-state index in [0.29, 0.717) is 6.04 Å². The lowest BCUT2D eigenvalue weighted by Gasteiger charge is -2.16. The van der Waals surface area contributed by atoms with Crippen LogP contribution in [0.5, 0.6) is 0 Å². The van der Waals surface area contributed by atoms with E-state index in [0.717, 1.165) is 19.6 Å². The first kappa shape index (κ1) is 13.2. The van der Waals surface area contributed by atoms with Crippen LogP contribution in [0.2, 0.25) is 0 Å². The van der Waals surface area contributed by atoms with E-state index < -0.39 is 0 Å². The largest absolute Gasteiger partial charge is 0.385 e. The molecule has 0 aliphatic carbocycles. The minimum atomic E-state index is 0.434. The molecule has 1 rings (SSSR count). The van der Waals surface area contributed by atoms with E-state index in [1.165, 1.54) is 17.5 Å². The summed E-state index contributed by atoms with van der Waals surface area (Å²) in [6, 6.07) is 8.99. The molecular weight excluding hydrogens is 198 g/mol. The number of benzene rings is 1. The quantitative estimate of drug-likeness (QED) is 0.714. The molecule has 0 heterocycles. The van der Waals surface area contributed by atoms with Crippen LogP contribution < -0.4 is 5.32 Å². The molecule has 2 nitrogen and oxygen atoms in total. The van der Waals surface area contributed by atoms with Gasteiger partial charge in [0.1, 0.15) is 0 Å². The fourth-order valence-corrected chi connectivity index (χ4v) is 1.87. The maximum absolute atomic E-state index is 5.02. The van der Waals surface area contributed by atoms with Gasteiger partial charge in [0.15, 0.2) is 0 Å². The molecular formula is C14H23NO. The summed E-state index contributed by atoms with van der Waals surface area (Å²) in [5.74, 6) is 0. The number of aryl methyl sites for hydroxylation is 1. The van der Waals surface area contributed by atoms with Gasteiger partial charge in [-0.15, -0.1) is 0 Å². The standard InChI is InChI=1S/C14H23NO/c1-12-8-4-5-9-14(12)13(2)15-10-6-7-11-16-3/h4-5,8-9,13,15H,6-7,10-11H2,1-3H3/t13-/m0/s1. The van der Waals surface area contributed by atoms with Crippen LogP contribution in [0.1, 0.15) is 36.9 Å². The highest BCUT2D eigenvalue weighted by Gasteiger charge is 2.05. The lowest BCUT2D eigenvalue weighted by molar-refractivity contribution is 0.192. The maximum atomic E-state index is 5.02. The smallest absolute Gasteiger partial charge is 0.0462 e.